The van der Waals surface area contributed by atoms with Crippen molar-refractivity contribution in [2.24, 2.45) is 5.92 Å². The van der Waals surface area contributed by atoms with E-state index in [4.69, 9.17) is 4.74 Å². The van der Waals surface area contributed by atoms with E-state index in [0.717, 1.165) is 28.1 Å². The van der Waals surface area contributed by atoms with Gasteiger partial charge in [-0.3, -0.25) is 4.79 Å². The molecule has 2 aromatic heterocycles. The van der Waals surface area contributed by atoms with Crippen molar-refractivity contribution in [3.63, 3.8) is 0 Å². The van der Waals surface area contributed by atoms with Crippen molar-refractivity contribution < 1.29 is 9.53 Å². The number of nitrogens with one attached hydrogen (secondary N) is 1. The minimum absolute atomic E-state index is 0.334. The van der Waals surface area contributed by atoms with Crippen LogP contribution >= 0.6 is 0 Å². The van der Waals surface area contributed by atoms with E-state index in [1.54, 1.807) is 19.4 Å². The maximum absolute atomic E-state index is 12.6. The minimum Gasteiger partial charge on any atom is -0.438 e. The third kappa shape index (κ3) is 5.49. The number of rotatable bonds is 8. The van der Waals surface area contributed by atoms with Gasteiger partial charge in [-0.25, -0.2) is 15.0 Å². The Balaban J connectivity index is 1.47. The molecule has 6 nitrogen and oxygen atoms in total. The molecule has 4 rings (SSSR count). The monoisotopic (exact) mass is 430 g/mol. The Labute approximate surface area is 189 Å². The lowest BCUT2D eigenvalue weighted by Gasteiger charge is -2.20. The van der Waals surface area contributed by atoms with E-state index in [1.165, 1.54) is 32.1 Å². The summed E-state index contributed by atoms with van der Waals surface area (Å²) in [7, 11) is 1.78. The first-order valence-electron chi connectivity index (χ1n) is 11.4. The van der Waals surface area contributed by atoms with Gasteiger partial charge in [-0.2, -0.15) is 0 Å². The van der Waals surface area contributed by atoms with Crippen molar-refractivity contribution in [2.45, 2.75) is 51.9 Å². The summed E-state index contributed by atoms with van der Waals surface area (Å²) < 4.78 is 6.17. The molecule has 0 saturated heterocycles. The molecule has 1 aliphatic carbocycles. The molecule has 2 heterocycles. The first kappa shape index (κ1) is 21.9. The summed E-state index contributed by atoms with van der Waals surface area (Å²) in [6.07, 6.45) is 10.9. The average Bonchev–Trinajstić information content (AvgIpc) is 2.82. The van der Waals surface area contributed by atoms with Gasteiger partial charge in [-0.1, -0.05) is 44.2 Å². The summed E-state index contributed by atoms with van der Waals surface area (Å²) in [5.74, 6) is 2.65. The number of aromatic nitrogens is 3. The number of aryl methyl sites for hydroxylation is 1. The molecule has 6 heteroatoms. The lowest BCUT2D eigenvalue weighted by Crippen LogP contribution is -2.13. The Morgan fingerprint density at radius 3 is 2.72 bits per heavy atom. The molecule has 1 aromatic carbocycles. The Morgan fingerprint density at radius 1 is 1.09 bits per heavy atom. The Morgan fingerprint density at radius 2 is 1.94 bits per heavy atom. The number of anilines is 1. The standard InChI is InChI=1S/C26H30N4O2/c1-18-15-20(17-21(31)16-19-7-4-3-5-8-19)10-11-24(18)32-25-22(9-6-13-28-25)23-12-14-29-26(27-2)30-23/h6,9-15,19H,3-5,7-8,16-17H2,1-2H3,(H,27,29,30). The van der Waals surface area contributed by atoms with Crippen LogP contribution in [-0.2, 0) is 11.2 Å². The molecule has 0 aliphatic heterocycles. The van der Waals surface area contributed by atoms with Crippen molar-refractivity contribution in [1.82, 2.24) is 15.0 Å². The van der Waals surface area contributed by atoms with Crippen LogP contribution in [0.15, 0.2) is 48.8 Å². The number of pyridine rings is 1. The van der Waals surface area contributed by atoms with Gasteiger partial charge >= 0.3 is 0 Å². The zero-order valence-corrected chi connectivity index (χ0v) is 18.8. The number of nitrogens with zero attached hydrogens (tertiary/aromatic N) is 3. The number of ether oxygens (including phenoxy) is 1. The van der Waals surface area contributed by atoms with Crippen LogP contribution in [0.5, 0.6) is 11.6 Å². The summed E-state index contributed by atoms with van der Waals surface area (Å²) in [5, 5.41) is 2.95. The van der Waals surface area contributed by atoms with E-state index >= 15 is 0 Å². The Hall–Kier alpha value is -3.28. The molecule has 0 amide bonds. The fraction of sp³-hybridized carbons (Fsp3) is 0.385. The molecule has 0 atom stereocenters. The van der Waals surface area contributed by atoms with Gasteiger partial charge in [0.2, 0.25) is 11.8 Å². The normalized spacial score (nSPS) is 14.2. The quantitative estimate of drug-likeness (QED) is 0.489. The van der Waals surface area contributed by atoms with E-state index < -0.39 is 0 Å². The van der Waals surface area contributed by atoms with Crippen LogP contribution in [0, 0.1) is 12.8 Å². The summed E-state index contributed by atoms with van der Waals surface area (Å²) in [5.41, 5.74) is 3.53. The fourth-order valence-corrected chi connectivity index (χ4v) is 4.35. The van der Waals surface area contributed by atoms with E-state index in [-0.39, 0.29) is 0 Å². The van der Waals surface area contributed by atoms with Crippen molar-refractivity contribution in [3.05, 3.63) is 59.9 Å². The number of carbonyl (C=O) groups excluding carboxylic acids is 1. The van der Waals surface area contributed by atoms with Gasteiger partial charge in [-0.05, 0) is 48.2 Å². The highest BCUT2D eigenvalue weighted by atomic mass is 16.5. The van der Waals surface area contributed by atoms with Gasteiger partial charge in [-0.15, -0.1) is 0 Å². The second kappa shape index (κ2) is 10.4. The smallest absolute Gasteiger partial charge is 0.228 e. The summed E-state index contributed by atoms with van der Waals surface area (Å²) in [6, 6.07) is 11.6. The van der Waals surface area contributed by atoms with E-state index in [0.29, 0.717) is 36.4 Å². The number of carbonyl (C=O) groups is 1. The third-order valence-electron chi connectivity index (χ3n) is 6.01. The largest absolute Gasteiger partial charge is 0.438 e. The highest BCUT2D eigenvalue weighted by Crippen LogP contribution is 2.32. The van der Waals surface area contributed by atoms with Crippen LogP contribution in [-0.4, -0.2) is 27.8 Å². The van der Waals surface area contributed by atoms with Gasteiger partial charge in [0.1, 0.15) is 11.5 Å². The average molecular weight is 431 g/mol. The molecular formula is C26H30N4O2. The highest BCUT2D eigenvalue weighted by Gasteiger charge is 2.18. The van der Waals surface area contributed by atoms with Crippen LogP contribution in [0.3, 0.4) is 0 Å². The van der Waals surface area contributed by atoms with Crippen molar-refractivity contribution >= 4 is 11.7 Å². The molecule has 1 N–H and O–H groups in total. The van der Waals surface area contributed by atoms with Crippen molar-refractivity contribution in [3.8, 4) is 22.9 Å². The predicted molar refractivity (Wildman–Crippen MR) is 126 cm³/mol. The van der Waals surface area contributed by atoms with Crippen LogP contribution in [0.2, 0.25) is 0 Å². The lowest BCUT2D eigenvalue weighted by molar-refractivity contribution is -0.119. The van der Waals surface area contributed by atoms with Crippen LogP contribution in [0.4, 0.5) is 5.95 Å². The summed E-state index contributed by atoms with van der Waals surface area (Å²) in [4.78, 5) is 25.7. The minimum atomic E-state index is 0.334. The molecule has 32 heavy (non-hydrogen) atoms. The van der Waals surface area contributed by atoms with Crippen molar-refractivity contribution in [2.75, 3.05) is 12.4 Å². The maximum Gasteiger partial charge on any atom is 0.228 e. The molecule has 0 spiro atoms. The van der Waals surface area contributed by atoms with Crippen LogP contribution in [0.1, 0.15) is 49.7 Å². The van der Waals surface area contributed by atoms with E-state index in [1.807, 2.05) is 43.3 Å². The first-order chi connectivity index (χ1) is 15.6. The second-order valence-electron chi connectivity index (χ2n) is 8.50. The molecule has 1 aliphatic rings. The number of ketones is 1. The van der Waals surface area contributed by atoms with Gasteiger partial charge in [0, 0.05) is 32.3 Å². The van der Waals surface area contributed by atoms with Crippen molar-refractivity contribution in [1.29, 1.82) is 0 Å². The zero-order valence-electron chi connectivity index (χ0n) is 18.8. The van der Waals surface area contributed by atoms with Gasteiger partial charge in [0.05, 0.1) is 11.3 Å². The number of hydrogen-bond acceptors (Lipinski definition) is 6. The first-order valence-corrected chi connectivity index (χ1v) is 11.4. The topological polar surface area (TPSA) is 77.0 Å². The Kier molecular flexibility index (Phi) is 7.10. The number of hydrogen-bond donors (Lipinski definition) is 1. The molecular weight excluding hydrogens is 400 g/mol. The SMILES string of the molecule is CNc1nccc(-c2cccnc2Oc2ccc(CC(=O)CC3CCCCC3)cc2C)n1. The molecule has 0 bridgehead atoms. The molecule has 0 unspecified atom stereocenters. The lowest BCUT2D eigenvalue weighted by atomic mass is 9.85. The molecule has 166 valence electrons. The van der Waals surface area contributed by atoms with Crippen LogP contribution < -0.4 is 10.1 Å². The predicted octanol–water partition coefficient (Wildman–Crippen LogP) is 5.76. The molecule has 0 radical (unpaired) electrons. The highest BCUT2D eigenvalue weighted by molar-refractivity contribution is 5.81. The van der Waals surface area contributed by atoms with Gasteiger partial charge < -0.3 is 10.1 Å². The number of Topliss-reactive ketones (excluding diaryl/α,β-unsaturated/α-hetero) is 1. The molecule has 1 fully saturated rings. The second-order valence-corrected chi connectivity index (χ2v) is 8.50. The van der Waals surface area contributed by atoms with Gasteiger partial charge in [0.15, 0.2) is 0 Å². The van der Waals surface area contributed by atoms with Gasteiger partial charge in [0.25, 0.3) is 0 Å². The fourth-order valence-electron chi connectivity index (χ4n) is 4.35. The zero-order chi connectivity index (χ0) is 22.3. The summed E-state index contributed by atoms with van der Waals surface area (Å²) in [6.45, 7) is 2.00. The molecule has 1 saturated carbocycles. The Bertz CT molecular complexity index is 1080. The summed E-state index contributed by atoms with van der Waals surface area (Å²) >= 11 is 0. The van der Waals surface area contributed by atoms with E-state index in [2.05, 4.69) is 20.3 Å². The third-order valence-corrected chi connectivity index (χ3v) is 6.01. The molecule has 3 aromatic rings. The van der Waals surface area contributed by atoms with Crippen LogP contribution in [0.25, 0.3) is 11.3 Å². The number of benzene rings is 1. The maximum atomic E-state index is 12.6. The van der Waals surface area contributed by atoms with E-state index in [9.17, 15) is 4.79 Å².